The summed E-state index contributed by atoms with van der Waals surface area (Å²) in [4.78, 5) is 0. The molecule has 0 aliphatic heterocycles. The SMILES string of the molecule is C#CCCCC(C)(C)CCC. The highest BCUT2D eigenvalue weighted by atomic mass is 14.2. The molecule has 64 valence electrons. The summed E-state index contributed by atoms with van der Waals surface area (Å²) in [7, 11) is 0. The van der Waals surface area contributed by atoms with E-state index in [1.165, 1.54) is 25.7 Å². The Morgan fingerprint density at radius 3 is 2.36 bits per heavy atom. The topological polar surface area (TPSA) is 0 Å². The quantitative estimate of drug-likeness (QED) is 0.417. The van der Waals surface area contributed by atoms with E-state index in [4.69, 9.17) is 6.42 Å². The van der Waals surface area contributed by atoms with Gasteiger partial charge in [0.1, 0.15) is 0 Å². The number of terminal acetylenes is 1. The highest BCUT2D eigenvalue weighted by Crippen LogP contribution is 2.28. The van der Waals surface area contributed by atoms with Gasteiger partial charge in [-0.2, -0.15) is 0 Å². The first-order valence-corrected chi connectivity index (χ1v) is 4.56. The Bertz CT molecular complexity index is 125. The lowest BCUT2D eigenvalue weighted by Gasteiger charge is -2.23. The lowest BCUT2D eigenvalue weighted by molar-refractivity contribution is 0.298. The molecule has 11 heavy (non-hydrogen) atoms. The third-order valence-corrected chi connectivity index (χ3v) is 2.10. The van der Waals surface area contributed by atoms with Crippen molar-refractivity contribution < 1.29 is 0 Å². The molecule has 0 aromatic rings. The third kappa shape index (κ3) is 5.98. The first kappa shape index (κ1) is 10.6. The molecular weight excluding hydrogens is 132 g/mol. The molecule has 0 radical (unpaired) electrons. The van der Waals surface area contributed by atoms with Crippen LogP contribution in [-0.2, 0) is 0 Å². The summed E-state index contributed by atoms with van der Waals surface area (Å²) < 4.78 is 0. The van der Waals surface area contributed by atoms with Crippen LogP contribution in [0.2, 0.25) is 0 Å². The molecule has 0 N–H and O–H groups in total. The molecule has 0 atom stereocenters. The van der Waals surface area contributed by atoms with Crippen molar-refractivity contribution in [2.45, 2.75) is 52.9 Å². The second-order valence-corrected chi connectivity index (χ2v) is 3.97. The molecule has 0 aliphatic carbocycles. The Hall–Kier alpha value is -0.440. The fourth-order valence-electron chi connectivity index (χ4n) is 1.47. The standard InChI is InChI=1S/C11H20/c1-5-7-8-10-11(3,4)9-6-2/h1H,6-10H2,2-4H3. The number of hydrogen-bond donors (Lipinski definition) is 0. The van der Waals surface area contributed by atoms with E-state index in [0.29, 0.717) is 5.41 Å². The van der Waals surface area contributed by atoms with Gasteiger partial charge in [0, 0.05) is 6.42 Å². The monoisotopic (exact) mass is 152 g/mol. The van der Waals surface area contributed by atoms with Gasteiger partial charge in [-0.25, -0.2) is 0 Å². The fourth-order valence-corrected chi connectivity index (χ4v) is 1.47. The lowest BCUT2D eigenvalue weighted by Crippen LogP contribution is -2.10. The second kappa shape index (κ2) is 5.24. The predicted octanol–water partition coefficient (Wildman–Crippen LogP) is 3.62. The van der Waals surface area contributed by atoms with E-state index in [-0.39, 0.29) is 0 Å². The van der Waals surface area contributed by atoms with E-state index in [9.17, 15) is 0 Å². The Morgan fingerprint density at radius 1 is 1.27 bits per heavy atom. The van der Waals surface area contributed by atoms with Crippen molar-refractivity contribution in [3.8, 4) is 12.3 Å². The van der Waals surface area contributed by atoms with Crippen molar-refractivity contribution in [1.82, 2.24) is 0 Å². The maximum Gasteiger partial charge on any atom is 0.00862 e. The highest BCUT2D eigenvalue weighted by molar-refractivity contribution is 4.84. The zero-order chi connectivity index (χ0) is 8.74. The highest BCUT2D eigenvalue weighted by Gasteiger charge is 2.14. The predicted molar refractivity (Wildman–Crippen MR) is 51.4 cm³/mol. The van der Waals surface area contributed by atoms with Crippen LogP contribution in [0.4, 0.5) is 0 Å². The van der Waals surface area contributed by atoms with E-state index in [1.807, 2.05) is 0 Å². The number of rotatable bonds is 5. The molecule has 0 aromatic heterocycles. The van der Waals surface area contributed by atoms with Gasteiger partial charge in [-0.1, -0.05) is 27.2 Å². The van der Waals surface area contributed by atoms with E-state index in [1.54, 1.807) is 0 Å². The fraction of sp³-hybridized carbons (Fsp3) is 0.818. The van der Waals surface area contributed by atoms with Crippen LogP contribution in [0.25, 0.3) is 0 Å². The minimum Gasteiger partial charge on any atom is -0.120 e. The van der Waals surface area contributed by atoms with Crippen molar-refractivity contribution in [3.63, 3.8) is 0 Å². The van der Waals surface area contributed by atoms with Crippen LogP contribution in [0.1, 0.15) is 52.9 Å². The second-order valence-electron chi connectivity index (χ2n) is 3.97. The molecule has 0 unspecified atom stereocenters. The first-order chi connectivity index (χ1) is 5.12. The van der Waals surface area contributed by atoms with Crippen LogP contribution in [0, 0.1) is 17.8 Å². The average Bonchev–Trinajstić information content (AvgIpc) is 1.87. The molecule has 0 saturated carbocycles. The van der Waals surface area contributed by atoms with Gasteiger partial charge in [0.05, 0.1) is 0 Å². The number of unbranched alkanes of at least 4 members (excludes halogenated alkanes) is 1. The summed E-state index contributed by atoms with van der Waals surface area (Å²) in [6, 6.07) is 0. The van der Waals surface area contributed by atoms with Gasteiger partial charge in [0.15, 0.2) is 0 Å². The van der Waals surface area contributed by atoms with Crippen LogP contribution < -0.4 is 0 Å². The Kier molecular flexibility index (Phi) is 5.03. The average molecular weight is 152 g/mol. The molecule has 0 aliphatic rings. The van der Waals surface area contributed by atoms with Crippen LogP contribution in [0.5, 0.6) is 0 Å². The molecule has 0 heteroatoms. The molecule has 0 bridgehead atoms. The Balaban J connectivity index is 3.48. The smallest absolute Gasteiger partial charge is 0.00862 e. The molecule has 0 amide bonds. The van der Waals surface area contributed by atoms with Gasteiger partial charge in [0.25, 0.3) is 0 Å². The van der Waals surface area contributed by atoms with Crippen LogP contribution in [-0.4, -0.2) is 0 Å². The normalized spacial score (nSPS) is 11.1. The molecule has 0 saturated heterocycles. The van der Waals surface area contributed by atoms with E-state index >= 15 is 0 Å². The van der Waals surface area contributed by atoms with Crippen molar-refractivity contribution in [1.29, 1.82) is 0 Å². The lowest BCUT2D eigenvalue weighted by atomic mass is 9.83. The summed E-state index contributed by atoms with van der Waals surface area (Å²) in [6.07, 6.45) is 11.2. The third-order valence-electron chi connectivity index (χ3n) is 2.10. The summed E-state index contributed by atoms with van der Waals surface area (Å²) in [6.45, 7) is 6.89. The maximum absolute atomic E-state index is 5.18. The number of hydrogen-bond acceptors (Lipinski definition) is 0. The molecule has 0 heterocycles. The zero-order valence-corrected chi connectivity index (χ0v) is 8.11. The van der Waals surface area contributed by atoms with Gasteiger partial charge >= 0.3 is 0 Å². The van der Waals surface area contributed by atoms with Gasteiger partial charge in [-0.15, -0.1) is 12.3 Å². The van der Waals surface area contributed by atoms with Crippen LogP contribution in [0.15, 0.2) is 0 Å². The minimum absolute atomic E-state index is 0.506. The van der Waals surface area contributed by atoms with Crippen molar-refractivity contribution >= 4 is 0 Å². The summed E-state index contributed by atoms with van der Waals surface area (Å²) in [5.41, 5.74) is 0.506. The Labute approximate surface area is 71.4 Å². The van der Waals surface area contributed by atoms with Crippen LogP contribution >= 0.6 is 0 Å². The van der Waals surface area contributed by atoms with Gasteiger partial charge in [0.2, 0.25) is 0 Å². The maximum atomic E-state index is 5.18. The van der Waals surface area contributed by atoms with Gasteiger partial charge in [-0.05, 0) is 24.7 Å². The van der Waals surface area contributed by atoms with E-state index in [0.717, 1.165) is 6.42 Å². The molecule has 0 rings (SSSR count). The molecule has 0 fully saturated rings. The van der Waals surface area contributed by atoms with E-state index in [2.05, 4.69) is 26.7 Å². The van der Waals surface area contributed by atoms with Gasteiger partial charge in [-0.3, -0.25) is 0 Å². The largest absolute Gasteiger partial charge is 0.120 e. The molecule has 0 aromatic carbocycles. The minimum atomic E-state index is 0.506. The first-order valence-electron chi connectivity index (χ1n) is 4.56. The van der Waals surface area contributed by atoms with Crippen LogP contribution in [0.3, 0.4) is 0 Å². The van der Waals surface area contributed by atoms with Crippen molar-refractivity contribution in [2.24, 2.45) is 5.41 Å². The molecular formula is C11H20. The van der Waals surface area contributed by atoms with Gasteiger partial charge < -0.3 is 0 Å². The molecule has 0 nitrogen and oxygen atoms in total. The van der Waals surface area contributed by atoms with E-state index < -0.39 is 0 Å². The molecule has 0 spiro atoms. The van der Waals surface area contributed by atoms with Crippen molar-refractivity contribution in [2.75, 3.05) is 0 Å². The zero-order valence-electron chi connectivity index (χ0n) is 8.11. The summed E-state index contributed by atoms with van der Waals surface area (Å²) in [5.74, 6) is 2.68. The summed E-state index contributed by atoms with van der Waals surface area (Å²) >= 11 is 0. The van der Waals surface area contributed by atoms with Crippen molar-refractivity contribution in [3.05, 3.63) is 0 Å². The Morgan fingerprint density at radius 2 is 1.91 bits per heavy atom. The summed E-state index contributed by atoms with van der Waals surface area (Å²) in [5, 5.41) is 0.